The third kappa shape index (κ3) is 2.80. The number of benzene rings is 3. The highest BCUT2D eigenvalue weighted by Gasteiger charge is 2.09. The summed E-state index contributed by atoms with van der Waals surface area (Å²) in [7, 11) is 0. The van der Waals surface area contributed by atoms with Crippen LogP contribution in [0.25, 0.3) is 21.9 Å². The quantitative estimate of drug-likeness (QED) is 0.511. The molecule has 0 aliphatic rings. The maximum Gasteiger partial charge on any atom is 0.138 e. The molecule has 0 bridgehead atoms. The molecule has 0 atom stereocenters. The van der Waals surface area contributed by atoms with E-state index in [2.05, 4.69) is 12.6 Å². The lowest BCUT2D eigenvalue weighted by Gasteiger charge is -2.09. The van der Waals surface area contributed by atoms with E-state index in [4.69, 9.17) is 0 Å². The Balaban J connectivity index is 2.06. The summed E-state index contributed by atoms with van der Waals surface area (Å²) in [6.45, 7) is 5.78. The lowest BCUT2D eigenvalue weighted by atomic mass is 9.97. The Kier molecular flexibility index (Phi) is 4.06. The van der Waals surface area contributed by atoms with Crippen LogP contribution in [0.1, 0.15) is 17.5 Å². The van der Waals surface area contributed by atoms with Crippen LogP contribution in [0.15, 0.2) is 67.3 Å². The Morgan fingerprint density at radius 2 is 1.77 bits per heavy atom. The van der Waals surface area contributed by atoms with Gasteiger partial charge in [0.25, 0.3) is 0 Å². The van der Waals surface area contributed by atoms with E-state index in [0.29, 0.717) is 10.9 Å². The monoisotopic (exact) mass is 290 g/mol. The molecule has 0 radical (unpaired) electrons. The molecule has 0 heterocycles. The molecule has 0 fully saturated rings. The number of halogens is 1. The molecule has 0 saturated heterocycles. The normalized spacial score (nSPS) is 10.8. The predicted octanol–water partition coefficient (Wildman–Crippen LogP) is 6.07. The third-order valence-corrected chi connectivity index (χ3v) is 4.02. The first-order valence-electron chi connectivity index (χ1n) is 7.58. The minimum atomic E-state index is -0.142. The number of aryl methyl sites for hydroxylation is 2. The standard InChI is InChI=1S/C21H19F/c1-3-4-5-16-8-12-20-18(14-16)11-13-19(21(20)22)17-9-6-15(2)7-10-17/h3,6-14H,1,4-5H2,2H3. The van der Waals surface area contributed by atoms with Crippen molar-refractivity contribution in [1.29, 1.82) is 0 Å². The van der Waals surface area contributed by atoms with Gasteiger partial charge in [-0.25, -0.2) is 4.39 Å². The molecule has 3 rings (SSSR count). The van der Waals surface area contributed by atoms with Gasteiger partial charge in [-0.15, -0.1) is 6.58 Å². The zero-order valence-corrected chi connectivity index (χ0v) is 12.8. The highest BCUT2D eigenvalue weighted by Crippen LogP contribution is 2.29. The first kappa shape index (κ1) is 14.5. The van der Waals surface area contributed by atoms with Crippen molar-refractivity contribution in [3.05, 3.63) is 84.2 Å². The minimum absolute atomic E-state index is 0.142. The van der Waals surface area contributed by atoms with Crippen molar-refractivity contribution in [2.75, 3.05) is 0 Å². The second-order valence-corrected chi connectivity index (χ2v) is 5.68. The van der Waals surface area contributed by atoms with Gasteiger partial charge in [0, 0.05) is 10.9 Å². The van der Waals surface area contributed by atoms with E-state index in [1.165, 1.54) is 11.1 Å². The van der Waals surface area contributed by atoms with Crippen LogP contribution in [-0.4, -0.2) is 0 Å². The predicted molar refractivity (Wildman–Crippen MR) is 92.6 cm³/mol. The Morgan fingerprint density at radius 1 is 1.00 bits per heavy atom. The number of allylic oxidation sites excluding steroid dienone is 1. The van der Waals surface area contributed by atoms with E-state index >= 15 is 0 Å². The minimum Gasteiger partial charge on any atom is -0.206 e. The maximum absolute atomic E-state index is 14.8. The molecule has 3 aromatic carbocycles. The van der Waals surface area contributed by atoms with Crippen molar-refractivity contribution < 1.29 is 4.39 Å². The van der Waals surface area contributed by atoms with Gasteiger partial charge in [-0.3, -0.25) is 0 Å². The summed E-state index contributed by atoms with van der Waals surface area (Å²) < 4.78 is 14.8. The van der Waals surface area contributed by atoms with Gasteiger partial charge in [-0.05, 0) is 36.3 Å². The number of fused-ring (bicyclic) bond motifs is 1. The Morgan fingerprint density at radius 3 is 2.50 bits per heavy atom. The summed E-state index contributed by atoms with van der Waals surface area (Å²) >= 11 is 0. The third-order valence-electron chi connectivity index (χ3n) is 4.02. The molecular weight excluding hydrogens is 271 g/mol. The van der Waals surface area contributed by atoms with Crippen molar-refractivity contribution in [3.8, 4) is 11.1 Å². The number of hydrogen-bond donors (Lipinski definition) is 0. The van der Waals surface area contributed by atoms with Crippen molar-refractivity contribution >= 4 is 10.8 Å². The van der Waals surface area contributed by atoms with Crippen LogP contribution in [0, 0.1) is 12.7 Å². The molecule has 0 spiro atoms. The summed E-state index contributed by atoms with van der Waals surface area (Å²) in [5.41, 5.74) is 3.97. The van der Waals surface area contributed by atoms with E-state index in [-0.39, 0.29) is 5.82 Å². The van der Waals surface area contributed by atoms with Crippen LogP contribution in [0.2, 0.25) is 0 Å². The summed E-state index contributed by atoms with van der Waals surface area (Å²) in [5.74, 6) is -0.142. The van der Waals surface area contributed by atoms with Gasteiger partial charge in [-0.2, -0.15) is 0 Å². The lowest BCUT2D eigenvalue weighted by Crippen LogP contribution is -1.89. The van der Waals surface area contributed by atoms with Crippen LogP contribution in [0.4, 0.5) is 4.39 Å². The molecule has 0 unspecified atom stereocenters. The number of hydrogen-bond acceptors (Lipinski definition) is 0. The lowest BCUT2D eigenvalue weighted by molar-refractivity contribution is 0.643. The largest absolute Gasteiger partial charge is 0.206 e. The summed E-state index contributed by atoms with van der Waals surface area (Å²) in [5, 5.41) is 1.63. The van der Waals surface area contributed by atoms with Gasteiger partial charge in [0.05, 0.1) is 0 Å². The van der Waals surface area contributed by atoms with E-state index in [1.54, 1.807) is 0 Å². The molecule has 0 nitrogen and oxygen atoms in total. The molecule has 0 saturated carbocycles. The van der Waals surface area contributed by atoms with Gasteiger partial charge in [-0.1, -0.05) is 66.2 Å². The molecule has 0 aliphatic heterocycles. The highest BCUT2D eigenvalue weighted by molar-refractivity contribution is 5.88. The summed E-state index contributed by atoms with van der Waals surface area (Å²) in [4.78, 5) is 0. The second-order valence-electron chi connectivity index (χ2n) is 5.68. The van der Waals surface area contributed by atoms with E-state index < -0.39 is 0 Å². The Labute approximate surface area is 130 Å². The first-order valence-corrected chi connectivity index (χ1v) is 7.58. The fourth-order valence-corrected chi connectivity index (χ4v) is 2.72. The zero-order chi connectivity index (χ0) is 15.5. The maximum atomic E-state index is 14.8. The Bertz CT molecular complexity index is 813. The smallest absolute Gasteiger partial charge is 0.138 e. The van der Waals surface area contributed by atoms with Crippen LogP contribution < -0.4 is 0 Å². The molecule has 0 aliphatic carbocycles. The molecular formula is C21H19F. The first-order chi connectivity index (χ1) is 10.7. The Hall–Kier alpha value is -2.41. The van der Waals surface area contributed by atoms with Gasteiger partial charge in [0.15, 0.2) is 0 Å². The molecule has 0 aromatic heterocycles. The molecule has 0 N–H and O–H groups in total. The average Bonchev–Trinajstić information content (AvgIpc) is 2.54. The van der Waals surface area contributed by atoms with Crippen molar-refractivity contribution in [1.82, 2.24) is 0 Å². The number of rotatable bonds is 4. The van der Waals surface area contributed by atoms with Crippen molar-refractivity contribution in [2.24, 2.45) is 0 Å². The van der Waals surface area contributed by atoms with Crippen LogP contribution in [-0.2, 0) is 6.42 Å². The van der Waals surface area contributed by atoms with Gasteiger partial charge < -0.3 is 0 Å². The van der Waals surface area contributed by atoms with E-state index in [0.717, 1.165) is 23.8 Å². The average molecular weight is 290 g/mol. The molecule has 0 amide bonds. The SMILES string of the molecule is C=CCCc1ccc2c(F)c(-c3ccc(C)cc3)ccc2c1. The molecule has 22 heavy (non-hydrogen) atoms. The zero-order valence-electron chi connectivity index (χ0n) is 12.8. The van der Waals surface area contributed by atoms with Gasteiger partial charge in [0.1, 0.15) is 5.82 Å². The van der Waals surface area contributed by atoms with Gasteiger partial charge in [0.2, 0.25) is 0 Å². The van der Waals surface area contributed by atoms with Crippen LogP contribution in [0.5, 0.6) is 0 Å². The van der Waals surface area contributed by atoms with E-state index in [1.807, 2.05) is 61.5 Å². The van der Waals surface area contributed by atoms with E-state index in [9.17, 15) is 4.39 Å². The fraction of sp³-hybridized carbons (Fsp3) is 0.143. The van der Waals surface area contributed by atoms with Crippen LogP contribution >= 0.6 is 0 Å². The van der Waals surface area contributed by atoms with Gasteiger partial charge >= 0.3 is 0 Å². The van der Waals surface area contributed by atoms with Crippen LogP contribution in [0.3, 0.4) is 0 Å². The second kappa shape index (κ2) is 6.15. The van der Waals surface area contributed by atoms with Crippen molar-refractivity contribution in [2.45, 2.75) is 19.8 Å². The van der Waals surface area contributed by atoms with Crippen molar-refractivity contribution in [3.63, 3.8) is 0 Å². The fourth-order valence-electron chi connectivity index (χ4n) is 2.72. The molecule has 3 aromatic rings. The topological polar surface area (TPSA) is 0 Å². The molecule has 1 heteroatoms. The summed E-state index contributed by atoms with van der Waals surface area (Å²) in [6.07, 6.45) is 3.79. The highest BCUT2D eigenvalue weighted by atomic mass is 19.1. The molecule has 110 valence electrons. The summed E-state index contributed by atoms with van der Waals surface area (Å²) in [6, 6.07) is 17.8.